The van der Waals surface area contributed by atoms with Crippen molar-refractivity contribution in [1.29, 1.82) is 0 Å². The van der Waals surface area contributed by atoms with Gasteiger partial charge in [0.05, 0.1) is 36.9 Å². The fourth-order valence-electron chi connectivity index (χ4n) is 6.17. The fraction of sp³-hybridized carbons (Fsp3) is 0.467. The first-order valence-corrected chi connectivity index (χ1v) is 15.1. The number of halogens is 1. The van der Waals surface area contributed by atoms with Crippen LogP contribution in [0.2, 0.25) is 0 Å². The van der Waals surface area contributed by atoms with Gasteiger partial charge in [-0.3, -0.25) is 9.59 Å². The van der Waals surface area contributed by atoms with Crippen LogP contribution in [0.4, 0.5) is 5.82 Å². The molecule has 6 rings (SSSR count). The molecule has 3 heterocycles. The Labute approximate surface area is 252 Å². The summed E-state index contributed by atoms with van der Waals surface area (Å²) < 4.78 is 7.13. The number of aromatic hydroxyl groups is 1. The van der Waals surface area contributed by atoms with E-state index >= 15 is 0 Å². The van der Waals surface area contributed by atoms with E-state index in [1.165, 1.54) is 6.07 Å². The number of hydrogen-bond donors (Lipinski definition) is 2. The summed E-state index contributed by atoms with van der Waals surface area (Å²) in [6, 6.07) is 9.20. The van der Waals surface area contributed by atoms with E-state index in [0.29, 0.717) is 49.7 Å². The molecule has 2 aromatic carbocycles. The number of piperidine rings is 1. The zero-order chi connectivity index (χ0) is 28.9. The second-order valence-electron chi connectivity index (χ2n) is 11.9. The van der Waals surface area contributed by atoms with Crippen LogP contribution in [-0.4, -0.2) is 82.2 Å². The zero-order valence-electron chi connectivity index (χ0n) is 23.3. The molecule has 2 fully saturated rings. The number of amides is 1. The molecule has 1 amide bonds. The van der Waals surface area contributed by atoms with Gasteiger partial charge < -0.3 is 29.6 Å². The van der Waals surface area contributed by atoms with E-state index < -0.39 is 11.9 Å². The van der Waals surface area contributed by atoms with Crippen LogP contribution < -0.4 is 9.64 Å². The summed E-state index contributed by atoms with van der Waals surface area (Å²) in [7, 11) is 4.11. The average Bonchev–Trinajstić information content (AvgIpc) is 3.55. The first kappa shape index (κ1) is 28.0. The summed E-state index contributed by atoms with van der Waals surface area (Å²) >= 11 is 2.22. The van der Waals surface area contributed by atoms with Gasteiger partial charge in [0, 0.05) is 39.6 Å². The highest BCUT2D eigenvalue weighted by atomic mass is 127. The largest absolute Gasteiger partial charge is 0.508 e. The molecular formula is C30H34IN5O5. The van der Waals surface area contributed by atoms with Crippen molar-refractivity contribution >= 4 is 51.1 Å². The monoisotopic (exact) mass is 671 g/mol. The van der Waals surface area contributed by atoms with Crippen LogP contribution in [0, 0.1) is 14.9 Å². The van der Waals surface area contributed by atoms with Crippen molar-refractivity contribution in [2.45, 2.75) is 38.8 Å². The van der Waals surface area contributed by atoms with E-state index in [2.05, 4.69) is 41.6 Å². The number of benzene rings is 2. The summed E-state index contributed by atoms with van der Waals surface area (Å²) in [5.41, 5.74) is 2.07. The van der Waals surface area contributed by atoms with Crippen LogP contribution in [-0.2, 0) is 17.9 Å². The number of carbonyl (C=O) groups is 2. The van der Waals surface area contributed by atoms with Crippen LogP contribution >= 0.6 is 22.6 Å². The van der Waals surface area contributed by atoms with Crippen molar-refractivity contribution in [2.75, 3.05) is 45.2 Å². The fourth-order valence-corrected chi connectivity index (χ4v) is 6.98. The lowest BCUT2D eigenvalue weighted by atomic mass is 9.98. The molecule has 0 bridgehead atoms. The van der Waals surface area contributed by atoms with Gasteiger partial charge in [0.1, 0.15) is 11.6 Å². The van der Waals surface area contributed by atoms with Crippen LogP contribution in [0.3, 0.4) is 0 Å². The standard InChI is InChI=1S/C30H34IN5O5/c1-34(2)16-30(8-9-30)17-41-29-32-24-15-36(14-22(24)26(33-29)35-10-4-6-19(13-35)28(39)40)27(38)21-12-20(37)11-18-5-3-7-23(31)25(18)21/h3,5,7,11-12,19,37H,4,6,8-10,13-17H2,1-2H3,(H,39,40)/t19-/m1/s1. The molecule has 1 saturated heterocycles. The number of aromatic nitrogens is 2. The Bertz CT molecular complexity index is 1520. The van der Waals surface area contributed by atoms with Crippen LogP contribution in [0.25, 0.3) is 10.8 Å². The molecule has 0 spiro atoms. The van der Waals surface area contributed by atoms with E-state index in [4.69, 9.17) is 14.7 Å². The average molecular weight is 672 g/mol. The highest BCUT2D eigenvalue weighted by Gasteiger charge is 2.44. The first-order chi connectivity index (χ1) is 19.6. The minimum Gasteiger partial charge on any atom is -0.508 e. The van der Waals surface area contributed by atoms with Crippen LogP contribution in [0.5, 0.6) is 11.8 Å². The van der Waals surface area contributed by atoms with Crippen molar-refractivity contribution in [3.63, 3.8) is 0 Å². The topological polar surface area (TPSA) is 119 Å². The van der Waals surface area contributed by atoms with E-state index in [-0.39, 0.29) is 29.6 Å². The number of fused-ring (bicyclic) bond motifs is 2. The van der Waals surface area contributed by atoms with Crippen LogP contribution in [0.15, 0.2) is 30.3 Å². The van der Waals surface area contributed by atoms with Crippen molar-refractivity contribution in [3.8, 4) is 11.8 Å². The maximum absolute atomic E-state index is 14.0. The summed E-state index contributed by atoms with van der Waals surface area (Å²) in [4.78, 5) is 41.3. The number of anilines is 1. The van der Waals surface area contributed by atoms with Crippen LogP contribution in [0.1, 0.15) is 47.3 Å². The van der Waals surface area contributed by atoms with Gasteiger partial charge in [0.2, 0.25) is 0 Å². The Morgan fingerprint density at radius 3 is 2.73 bits per heavy atom. The highest BCUT2D eigenvalue weighted by molar-refractivity contribution is 14.1. The minimum absolute atomic E-state index is 0.0375. The van der Waals surface area contributed by atoms with Gasteiger partial charge in [0.25, 0.3) is 5.91 Å². The number of phenols is 1. The lowest BCUT2D eigenvalue weighted by molar-refractivity contribution is -0.141. The maximum atomic E-state index is 14.0. The van der Waals surface area contributed by atoms with E-state index in [0.717, 1.165) is 45.7 Å². The maximum Gasteiger partial charge on any atom is 0.318 e. The Morgan fingerprint density at radius 2 is 2.00 bits per heavy atom. The molecule has 2 aliphatic heterocycles. The Hall–Kier alpha value is -3.19. The molecule has 1 aromatic heterocycles. The summed E-state index contributed by atoms with van der Waals surface area (Å²) in [6.45, 7) is 3.04. The summed E-state index contributed by atoms with van der Waals surface area (Å²) in [5, 5.41) is 21.7. The minimum atomic E-state index is -0.807. The molecule has 2 N–H and O–H groups in total. The SMILES string of the molecule is CN(C)CC1(COc2nc3c(c(N4CCC[C@@H](C(=O)O)C4)n2)CN(C(=O)c2cc(O)cc4cccc(I)c24)C3)CC1. The van der Waals surface area contributed by atoms with Gasteiger partial charge in [-0.1, -0.05) is 12.1 Å². The predicted octanol–water partition coefficient (Wildman–Crippen LogP) is 4.12. The van der Waals surface area contributed by atoms with Crippen molar-refractivity contribution in [2.24, 2.45) is 11.3 Å². The third-order valence-electron chi connectivity index (χ3n) is 8.35. The molecule has 1 aliphatic carbocycles. The molecule has 10 nitrogen and oxygen atoms in total. The van der Waals surface area contributed by atoms with Gasteiger partial charge in [0.15, 0.2) is 0 Å². The lowest BCUT2D eigenvalue weighted by Gasteiger charge is -2.32. The molecular weight excluding hydrogens is 637 g/mol. The number of carbonyl (C=O) groups excluding carboxylic acids is 1. The molecule has 1 saturated carbocycles. The number of nitrogens with zero attached hydrogens (tertiary/aromatic N) is 5. The quantitative estimate of drug-likeness (QED) is 0.341. The summed E-state index contributed by atoms with van der Waals surface area (Å²) in [6.07, 6.45) is 3.56. The smallest absolute Gasteiger partial charge is 0.318 e. The van der Waals surface area contributed by atoms with Crippen molar-refractivity contribution in [3.05, 3.63) is 50.7 Å². The molecule has 3 aromatic rings. The van der Waals surface area contributed by atoms with E-state index in [1.54, 1.807) is 11.0 Å². The second kappa shape index (κ2) is 10.9. The Balaban J connectivity index is 1.33. The van der Waals surface area contributed by atoms with Gasteiger partial charge in [-0.25, -0.2) is 0 Å². The lowest BCUT2D eigenvalue weighted by Crippen LogP contribution is -2.40. The second-order valence-corrected chi connectivity index (χ2v) is 13.1. The molecule has 0 radical (unpaired) electrons. The first-order valence-electron chi connectivity index (χ1n) is 14.0. The number of carboxylic acid groups (broad SMARTS) is 1. The van der Waals surface area contributed by atoms with Gasteiger partial charge in [-0.2, -0.15) is 9.97 Å². The Kier molecular flexibility index (Phi) is 7.43. The molecule has 11 heteroatoms. The highest BCUT2D eigenvalue weighted by Crippen LogP contribution is 2.46. The van der Waals surface area contributed by atoms with E-state index in [1.807, 2.05) is 23.1 Å². The van der Waals surface area contributed by atoms with E-state index in [9.17, 15) is 19.8 Å². The molecule has 3 aliphatic rings. The third kappa shape index (κ3) is 5.66. The molecule has 41 heavy (non-hydrogen) atoms. The number of hydrogen-bond acceptors (Lipinski definition) is 8. The van der Waals surface area contributed by atoms with Gasteiger partial charge in [-0.05, 0) is 86.0 Å². The normalized spacial score (nSPS) is 19.5. The van der Waals surface area contributed by atoms with Gasteiger partial charge >= 0.3 is 12.0 Å². The predicted molar refractivity (Wildman–Crippen MR) is 162 cm³/mol. The molecule has 0 unspecified atom stereocenters. The number of phenolic OH excluding ortho intramolecular Hbond substituents is 1. The van der Waals surface area contributed by atoms with Crippen molar-refractivity contribution in [1.82, 2.24) is 19.8 Å². The van der Waals surface area contributed by atoms with Gasteiger partial charge in [-0.15, -0.1) is 0 Å². The number of aliphatic carboxylic acids is 1. The molecule has 216 valence electrons. The summed E-state index contributed by atoms with van der Waals surface area (Å²) in [5.74, 6) is -0.798. The number of carboxylic acids is 1. The zero-order valence-corrected chi connectivity index (χ0v) is 25.4. The van der Waals surface area contributed by atoms with Crippen molar-refractivity contribution < 1.29 is 24.5 Å². The number of ether oxygens (including phenoxy) is 1. The number of rotatable bonds is 8. The molecule has 1 atom stereocenters. The Morgan fingerprint density at radius 1 is 1.20 bits per heavy atom. The third-order valence-corrected chi connectivity index (χ3v) is 9.25.